The molecule has 82 heavy (non-hydrogen) atoms. The number of fused-ring (bicyclic) bond motifs is 2. The van der Waals surface area contributed by atoms with Gasteiger partial charge in [0, 0.05) is 67.8 Å². The minimum atomic E-state index is -0.679. The summed E-state index contributed by atoms with van der Waals surface area (Å²) in [4.78, 5) is 65.9. The quantitative estimate of drug-likeness (QED) is 0.0923. The summed E-state index contributed by atoms with van der Waals surface area (Å²) in [5.74, 6) is -0.166. The van der Waals surface area contributed by atoms with Gasteiger partial charge in [-0.05, 0) is 155 Å². The van der Waals surface area contributed by atoms with E-state index in [1.807, 2.05) is 60.5 Å². The van der Waals surface area contributed by atoms with E-state index >= 15 is 4.39 Å². The summed E-state index contributed by atoms with van der Waals surface area (Å²) in [6, 6.07) is 13.2. The second-order valence-electron chi connectivity index (χ2n) is 21.4. The summed E-state index contributed by atoms with van der Waals surface area (Å²) < 4.78 is 63.3. The Labute approximate surface area is 475 Å². The number of aryl methyl sites for hydroxylation is 2. The van der Waals surface area contributed by atoms with E-state index in [-0.39, 0.29) is 69.3 Å². The van der Waals surface area contributed by atoms with Crippen molar-refractivity contribution >= 4 is 57.4 Å². The number of carbonyl (C=O) groups excluding carboxylic acids is 2. The van der Waals surface area contributed by atoms with E-state index in [1.54, 1.807) is 36.4 Å². The highest BCUT2D eigenvalue weighted by molar-refractivity contribution is 5.95. The Bertz CT molecular complexity index is 3510. The fraction of sp³-hybridized carbons (Fsp3) is 0.433. The van der Waals surface area contributed by atoms with Gasteiger partial charge in [-0.2, -0.15) is 0 Å². The molecule has 2 amide bonds. The number of hydrogen-bond donors (Lipinski definition) is 3. The molecule has 0 aliphatic carbocycles. The largest absolute Gasteiger partial charge is 0.339 e. The van der Waals surface area contributed by atoms with Gasteiger partial charge in [-0.25, -0.2) is 57.4 Å². The van der Waals surface area contributed by atoms with Gasteiger partial charge < -0.3 is 39.8 Å². The molecule has 22 heteroatoms. The molecular formula is C60H72F4N16O2. The summed E-state index contributed by atoms with van der Waals surface area (Å²) >= 11 is 0. The standard InChI is InChI=1S/C31H36F2N8O.C25H25F2N7O.C4H11N/c1-19(2)41-20(3)36-29-24(32)15-22(16-26(29)41)28-25(33)18-35-31(38-28)37-27-8-7-21(17-34-27)30(42)40-13-9-23(10-14-40)39-11-5-4-6-12-39;1-14(2)34-15(3)30-23-18(26)10-17(11-20(23)34)22-19(27)13-29-25(32-22)31-21-7-6-16(12-28-21)24(35)33-8-4-5-9-33;1-3-5-4-2/h7-8,15-19,23H,4-6,9-14H2,1-3H3,(H,34,35,37,38);6-7,10-14H,4-5,8-9H2,1-3H3,(H,28,29,31,32);5H,3-4H2,1-2H3. The summed E-state index contributed by atoms with van der Waals surface area (Å²) in [5, 5.41) is 9.01. The molecule has 11 rings (SSSR count). The lowest BCUT2D eigenvalue weighted by Gasteiger charge is -2.40. The molecule has 0 radical (unpaired) electrons. The van der Waals surface area contributed by atoms with Crippen LogP contribution in [-0.4, -0.2) is 134 Å². The highest BCUT2D eigenvalue weighted by atomic mass is 19.1. The topological polar surface area (TPSA) is 193 Å². The van der Waals surface area contributed by atoms with Crippen LogP contribution in [-0.2, 0) is 0 Å². The zero-order valence-electron chi connectivity index (χ0n) is 47.9. The predicted octanol–water partition coefficient (Wildman–Crippen LogP) is 11.5. The van der Waals surface area contributed by atoms with Gasteiger partial charge in [0.1, 0.15) is 45.7 Å². The molecule has 3 fully saturated rings. The molecule has 0 unspecified atom stereocenters. The first-order chi connectivity index (χ1) is 39.5. The highest BCUT2D eigenvalue weighted by Gasteiger charge is 2.29. The molecule has 0 bridgehead atoms. The van der Waals surface area contributed by atoms with Crippen molar-refractivity contribution in [3.05, 3.63) is 119 Å². The molecule has 432 valence electrons. The number of hydrogen-bond acceptors (Lipinski definition) is 14. The Morgan fingerprint density at radius 3 is 1.35 bits per heavy atom. The maximum Gasteiger partial charge on any atom is 0.255 e. The van der Waals surface area contributed by atoms with Crippen molar-refractivity contribution < 1.29 is 27.2 Å². The van der Waals surface area contributed by atoms with Crippen LogP contribution in [0.1, 0.15) is 131 Å². The zero-order chi connectivity index (χ0) is 58.2. The first-order valence-electron chi connectivity index (χ1n) is 28.4. The smallest absolute Gasteiger partial charge is 0.255 e. The normalized spacial score (nSPS) is 15.0. The van der Waals surface area contributed by atoms with Crippen LogP contribution in [0, 0.1) is 37.1 Å². The maximum absolute atomic E-state index is 15.0. The molecule has 3 N–H and O–H groups in total. The molecule has 3 saturated heterocycles. The lowest BCUT2D eigenvalue weighted by Crippen LogP contribution is -2.48. The Morgan fingerprint density at radius 2 is 0.963 bits per heavy atom. The maximum atomic E-state index is 15.0. The molecule has 8 aromatic rings. The average molecular weight is 1130 g/mol. The van der Waals surface area contributed by atoms with Crippen LogP contribution in [0.5, 0.6) is 0 Å². The van der Waals surface area contributed by atoms with Gasteiger partial charge in [-0.15, -0.1) is 0 Å². The monoisotopic (exact) mass is 1120 g/mol. The van der Waals surface area contributed by atoms with Crippen molar-refractivity contribution in [1.29, 1.82) is 0 Å². The van der Waals surface area contributed by atoms with Crippen molar-refractivity contribution in [2.75, 3.05) is 63.0 Å². The second kappa shape index (κ2) is 26.3. The number of nitrogens with zero attached hydrogens (tertiary/aromatic N) is 13. The van der Waals surface area contributed by atoms with Crippen LogP contribution in [0.3, 0.4) is 0 Å². The van der Waals surface area contributed by atoms with E-state index < -0.39 is 23.3 Å². The van der Waals surface area contributed by atoms with E-state index in [9.17, 15) is 22.8 Å². The van der Waals surface area contributed by atoms with Crippen molar-refractivity contribution in [1.82, 2.24) is 69.0 Å². The van der Waals surface area contributed by atoms with Crippen molar-refractivity contribution in [3.8, 4) is 22.5 Å². The Morgan fingerprint density at radius 1 is 0.537 bits per heavy atom. The molecule has 0 atom stereocenters. The van der Waals surface area contributed by atoms with Crippen molar-refractivity contribution in [2.45, 2.75) is 118 Å². The first kappa shape index (κ1) is 58.7. The van der Waals surface area contributed by atoms with Gasteiger partial charge in [0.15, 0.2) is 23.3 Å². The molecule has 3 aliphatic heterocycles. The summed E-state index contributed by atoms with van der Waals surface area (Å²) in [5.41, 5.74) is 3.10. The van der Waals surface area contributed by atoms with Crippen LogP contribution in [0.15, 0.2) is 73.3 Å². The van der Waals surface area contributed by atoms with E-state index in [1.165, 1.54) is 56.9 Å². The molecule has 3 aliphatic rings. The Balaban J connectivity index is 0.000000185. The van der Waals surface area contributed by atoms with Crippen molar-refractivity contribution in [3.63, 3.8) is 0 Å². The molecule has 0 spiro atoms. The minimum absolute atomic E-state index is 0.0280. The molecule has 2 aromatic carbocycles. The van der Waals surface area contributed by atoms with Crippen molar-refractivity contribution in [2.24, 2.45) is 0 Å². The first-order valence-corrected chi connectivity index (χ1v) is 28.4. The SMILES string of the molecule is CCNCC.Cc1nc2c(F)cc(-c3nc(Nc4ccc(C(=O)N5CCC(N6CCCCC6)CC5)cn4)ncc3F)cc2n1C(C)C.Cc1nc2c(F)cc(-c3nc(Nc4ccc(C(=O)N5CCCC5)cn4)ncc3F)cc2n1C(C)C. The fourth-order valence-electron chi connectivity index (χ4n) is 11.0. The molecule has 0 saturated carbocycles. The van der Waals surface area contributed by atoms with Gasteiger partial charge in [-0.1, -0.05) is 20.3 Å². The fourth-order valence-corrected chi connectivity index (χ4v) is 11.0. The molecule has 18 nitrogen and oxygen atoms in total. The number of aromatic nitrogens is 10. The van der Waals surface area contributed by atoms with E-state index in [0.717, 1.165) is 77.3 Å². The van der Waals surface area contributed by atoms with Crippen LogP contribution in [0.25, 0.3) is 44.6 Å². The zero-order valence-corrected chi connectivity index (χ0v) is 47.9. The lowest BCUT2D eigenvalue weighted by molar-refractivity contribution is 0.0589. The highest BCUT2D eigenvalue weighted by Crippen LogP contribution is 2.33. The summed E-state index contributed by atoms with van der Waals surface area (Å²) in [6.45, 7) is 23.3. The van der Waals surface area contributed by atoms with Gasteiger partial charge >= 0.3 is 0 Å². The summed E-state index contributed by atoms with van der Waals surface area (Å²) in [7, 11) is 0. The summed E-state index contributed by atoms with van der Waals surface area (Å²) in [6.07, 6.45) is 13.0. The number of amides is 2. The number of halogens is 4. The minimum Gasteiger partial charge on any atom is -0.339 e. The number of pyridine rings is 2. The third-order valence-electron chi connectivity index (χ3n) is 15.0. The van der Waals surface area contributed by atoms with Gasteiger partial charge in [0.2, 0.25) is 11.9 Å². The second-order valence-corrected chi connectivity index (χ2v) is 21.4. The molecule has 9 heterocycles. The van der Waals surface area contributed by atoms with E-state index in [2.05, 4.69) is 74.6 Å². The Hall–Kier alpha value is -7.98. The lowest BCUT2D eigenvalue weighted by atomic mass is 9.99. The number of benzene rings is 2. The number of anilines is 4. The third kappa shape index (κ3) is 13.3. The van der Waals surface area contributed by atoms with Gasteiger partial charge in [-0.3, -0.25) is 9.59 Å². The third-order valence-corrected chi connectivity index (χ3v) is 15.0. The average Bonchev–Trinajstić information content (AvgIpc) is 3.85. The number of imidazole rings is 2. The van der Waals surface area contributed by atoms with Crippen LogP contribution in [0.4, 0.5) is 41.1 Å². The predicted molar refractivity (Wildman–Crippen MR) is 310 cm³/mol. The molecular weight excluding hydrogens is 1050 g/mol. The van der Waals surface area contributed by atoms with E-state index in [4.69, 9.17) is 0 Å². The number of likely N-dealkylation sites (tertiary alicyclic amines) is 3. The van der Waals surface area contributed by atoms with E-state index in [0.29, 0.717) is 51.5 Å². The number of carbonyl (C=O) groups is 2. The van der Waals surface area contributed by atoms with Gasteiger partial charge in [0.25, 0.3) is 11.8 Å². The Kier molecular flexibility index (Phi) is 18.8. The molecule has 6 aromatic heterocycles. The number of piperidine rings is 2. The number of rotatable bonds is 13. The van der Waals surface area contributed by atoms with Crippen LogP contribution < -0.4 is 16.0 Å². The van der Waals surface area contributed by atoms with Crippen LogP contribution in [0.2, 0.25) is 0 Å². The van der Waals surface area contributed by atoms with Crippen LogP contribution >= 0.6 is 0 Å². The van der Waals surface area contributed by atoms with Gasteiger partial charge in [0.05, 0.1) is 34.6 Å². The number of nitrogens with one attached hydrogen (secondary N) is 3.